The fraction of sp³-hybridized carbons (Fsp3) is 0.739. The molecule has 1 heterocycles. The molecule has 6 nitrogen and oxygen atoms in total. The van der Waals surface area contributed by atoms with E-state index in [4.69, 9.17) is 9.47 Å². The van der Waals surface area contributed by atoms with Crippen LogP contribution in [0.25, 0.3) is 0 Å². The van der Waals surface area contributed by atoms with E-state index in [1.54, 1.807) is 6.92 Å². The van der Waals surface area contributed by atoms with Crippen LogP contribution in [0.2, 0.25) is 0 Å². The minimum absolute atomic E-state index is 0.00260. The van der Waals surface area contributed by atoms with E-state index in [0.717, 1.165) is 12.8 Å². The van der Waals surface area contributed by atoms with Crippen molar-refractivity contribution in [1.82, 2.24) is 0 Å². The SMILES string of the molecule is CC(O)CC(=O)OC1CC(C)C=C2C=CC(C)C(CCC3CC(O)CC(=O)O3)C21. The maximum absolute atomic E-state index is 12.3. The monoisotopic (exact) mass is 406 g/mol. The second-order valence-electron chi connectivity index (χ2n) is 9.15. The summed E-state index contributed by atoms with van der Waals surface area (Å²) in [6.07, 6.45) is 7.69. The maximum atomic E-state index is 12.3. The van der Waals surface area contributed by atoms with E-state index in [0.29, 0.717) is 24.7 Å². The molecule has 162 valence electrons. The Morgan fingerprint density at radius 2 is 2.07 bits per heavy atom. The van der Waals surface area contributed by atoms with E-state index in [2.05, 4.69) is 32.1 Å². The first-order valence-electron chi connectivity index (χ1n) is 10.9. The van der Waals surface area contributed by atoms with Crippen LogP contribution in [-0.4, -0.2) is 46.6 Å². The minimum Gasteiger partial charge on any atom is -0.462 e. The number of carbonyl (C=O) groups is 2. The molecular formula is C23H34O6. The molecule has 6 heteroatoms. The van der Waals surface area contributed by atoms with Gasteiger partial charge in [0.1, 0.15) is 12.2 Å². The Labute approximate surface area is 173 Å². The van der Waals surface area contributed by atoms with Crippen molar-refractivity contribution in [3.05, 3.63) is 23.8 Å². The third-order valence-corrected chi connectivity index (χ3v) is 6.40. The van der Waals surface area contributed by atoms with E-state index >= 15 is 0 Å². The first-order valence-corrected chi connectivity index (χ1v) is 10.9. The molecule has 0 aromatic carbocycles. The second-order valence-corrected chi connectivity index (χ2v) is 9.15. The molecule has 0 radical (unpaired) electrons. The highest BCUT2D eigenvalue weighted by Gasteiger charge is 2.42. The lowest BCUT2D eigenvalue weighted by Gasteiger charge is -2.43. The molecule has 0 bridgehead atoms. The maximum Gasteiger partial charge on any atom is 0.308 e. The van der Waals surface area contributed by atoms with Crippen LogP contribution in [0.1, 0.15) is 59.3 Å². The fourth-order valence-corrected chi connectivity index (χ4v) is 5.10. The van der Waals surface area contributed by atoms with Crippen LogP contribution in [-0.2, 0) is 19.1 Å². The molecule has 2 aliphatic carbocycles. The quantitative estimate of drug-likeness (QED) is 0.659. The molecule has 2 N–H and O–H groups in total. The van der Waals surface area contributed by atoms with Crippen LogP contribution in [0.3, 0.4) is 0 Å². The highest BCUT2D eigenvalue weighted by Crippen LogP contribution is 2.45. The summed E-state index contributed by atoms with van der Waals surface area (Å²) in [4.78, 5) is 23.9. The van der Waals surface area contributed by atoms with E-state index in [1.807, 2.05) is 0 Å². The Balaban J connectivity index is 1.72. The number of ether oxygens (including phenoxy) is 2. The van der Waals surface area contributed by atoms with Gasteiger partial charge in [0.25, 0.3) is 0 Å². The number of hydrogen-bond acceptors (Lipinski definition) is 6. The van der Waals surface area contributed by atoms with Crippen molar-refractivity contribution in [2.45, 2.75) is 83.7 Å². The number of esters is 2. The summed E-state index contributed by atoms with van der Waals surface area (Å²) >= 11 is 0. The molecule has 0 amide bonds. The number of allylic oxidation sites excluding steroid dienone is 3. The molecule has 0 aromatic heterocycles. The van der Waals surface area contributed by atoms with E-state index in [1.165, 1.54) is 5.57 Å². The molecule has 0 saturated carbocycles. The van der Waals surface area contributed by atoms with Gasteiger partial charge in [-0.05, 0) is 49.5 Å². The number of cyclic esters (lactones) is 1. The standard InChI is InChI=1S/C23H34O6/c1-13-8-16-5-4-14(2)19(7-6-18-11-17(25)12-22(27)28-18)23(16)20(9-13)29-21(26)10-15(3)24/h4-5,8,13-15,17-20,23-25H,6-7,9-12H2,1-3H3. The van der Waals surface area contributed by atoms with Crippen molar-refractivity contribution in [2.24, 2.45) is 23.7 Å². The van der Waals surface area contributed by atoms with Gasteiger partial charge in [-0.1, -0.05) is 32.1 Å². The fourth-order valence-electron chi connectivity index (χ4n) is 5.10. The van der Waals surface area contributed by atoms with Crippen molar-refractivity contribution in [1.29, 1.82) is 0 Å². The summed E-state index contributed by atoms with van der Waals surface area (Å²) in [6.45, 7) is 5.89. The number of aliphatic hydroxyl groups excluding tert-OH is 2. The number of aliphatic hydroxyl groups is 2. The normalized spacial score (nSPS) is 37.9. The lowest BCUT2D eigenvalue weighted by Crippen LogP contribution is -2.41. The Morgan fingerprint density at radius 1 is 1.31 bits per heavy atom. The lowest BCUT2D eigenvalue weighted by atomic mass is 9.65. The topological polar surface area (TPSA) is 93.1 Å². The van der Waals surface area contributed by atoms with Crippen LogP contribution in [0.5, 0.6) is 0 Å². The first kappa shape index (κ1) is 22.0. The third kappa shape index (κ3) is 5.70. The first-order chi connectivity index (χ1) is 13.7. The van der Waals surface area contributed by atoms with Crippen molar-refractivity contribution in [3.8, 4) is 0 Å². The molecule has 3 rings (SSSR count). The molecule has 0 spiro atoms. The van der Waals surface area contributed by atoms with Gasteiger partial charge in [-0.2, -0.15) is 0 Å². The van der Waals surface area contributed by atoms with Gasteiger partial charge in [-0.25, -0.2) is 0 Å². The number of rotatable bonds is 6. The van der Waals surface area contributed by atoms with Crippen molar-refractivity contribution >= 4 is 11.9 Å². The van der Waals surface area contributed by atoms with Gasteiger partial charge < -0.3 is 19.7 Å². The van der Waals surface area contributed by atoms with Crippen LogP contribution < -0.4 is 0 Å². The summed E-state index contributed by atoms with van der Waals surface area (Å²) in [5, 5.41) is 19.4. The van der Waals surface area contributed by atoms with E-state index in [-0.39, 0.29) is 48.8 Å². The van der Waals surface area contributed by atoms with Crippen LogP contribution >= 0.6 is 0 Å². The van der Waals surface area contributed by atoms with Gasteiger partial charge in [0, 0.05) is 12.3 Å². The number of hydrogen-bond donors (Lipinski definition) is 2. The largest absolute Gasteiger partial charge is 0.462 e. The van der Waals surface area contributed by atoms with E-state index < -0.39 is 12.2 Å². The predicted molar refractivity (Wildman–Crippen MR) is 108 cm³/mol. The predicted octanol–water partition coefficient (Wildman–Crippen LogP) is 2.92. The van der Waals surface area contributed by atoms with Gasteiger partial charge in [0.05, 0.1) is 25.0 Å². The highest BCUT2D eigenvalue weighted by atomic mass is 16.5. The molecular weight excluding hydrogens is 372 g/mol. The van der Waals surface area contributed by atoms with Crippen LogP contribution in [0.15, 0.2) is 23.8 Å². The molecule has 3 aliphatic rings. The summed E-state index contributed by atoms with van der Waals surface area (Å²) < 4.78 is 11.3. The molecule has 1 saturated heterocycles. The zero-order valence-electron chi connectivity index (χ0n) is 17.6. The van der Waals surface area contributed by atoms with Crippen LogP contribution in [0.4, 0.5) is 0 Å². The summed E-state index contributed by atoms with van der Waals surface area (Å²) in [5.41, 5.74) is 1.21. The van der Waals surface area contributed by atoms with Gasteiger partial charge in [-0.3, -0.25) is 9.59 Å². The van der Waals surface area contributed by atoms with Gasteiger partial charge in [-0.15, -0.1) is 0 Å². The lowest BCUT2D eigenvalue weighted by molar-refractivity contribution is -0.162. The average molecular weight is 407 g/mol. The summed E-state index contributed by atoms with van der Waals surface area (Å²) in [6, 6.07) is 0. The Kier molecular flexibility index (Phi) is 7.17. The summed E-state index contributed by atoms with van der Waals surface area (Å²) in [5.74, 6) is 0.312. The summed E-state index contributed by atoms with van der Waals surface area (Å²) in [7, 11) is 0. The third-order valence-electron chi connectivity index (χ3n) is 6.40. The Morgan fingerprint density at radius 3 is 2.76 bits per heavy atom. The number of fused-ring (bicyclic) bond motifs is 1. The minimum atomic E-state index is -0.716. The zero-order chi connectivity index (χ0) is 21.1. The average Bonchev–Trinajstić information content (AvgIpc) is 2.59. The smallest absolute Gasteiger partial charge is 0.308 e. The molecule has 8 atom stereocenters. The van der Waals surface area contributed by atoms with Gasteiger partial charge in [0.2, 0.25) is 0 Å². The molecule has 29 heavy (non-hydrogen) atoms. The molecule has 0 aromatic rings. The number of carbonyl (C=O) groups excluding carboxylic acids is 2. The van der Waals surface area contributed by atoms with Gasteiger partial charge in [0.15, 0.2) is 0 Å². The van der Waals surface area contributed by atoms with Crippen molar-refractivity contribution in [2.75, 3.05) is 0 Å². The molecule has 1 aliphatic heterocycles. The van der Waals surface area contributed by atoms with Gasteiger partial charge >= 0.3 is 11.9 Å². The van der Waals surface area contributed by atoms with E-state index in [9.17, 15) is 19.8 Å². The molecule has 1 fully saturated rings. The van der Waals surface area contributed by atoms with Crippen molar-refractivity contribution < 1.29 is 29.3 Å². The Bertz CT molecular complexity index is 666. The zero-order valence-corrected chi connectivity index (χ0v) is 17.6. The Hall–Kier alpha value is -1.66. The second kappa shape index (κ2) is 9.43. The van der Waals surface area contributed by atoms with Crippen LogP contribution in [0, 0.1) is 23.7 Å². The molecule has 8 unspecified atom stereocenters. The highest BCUT2D eigenvalue weighted by molar-refractivity contribution is 5.71. The van der Waals surface area contributed by atoms with Crippen molar-refractivity contribution in [3.63, 3.8) is 0 Å².